The minimum atomic E-state index is -2.77. The topological polar surface area (TPSA) is 76.2 Å². The number of hydrogen-bond acceptors (Lipinski definition) is 6. The molecule has 0 bridgehead atoms. The first-order valence-electron chi connectivity index (χ1n) is 11.4. The van der Waals surface area contributed by atoms with E-state index in [1.807, 2.05) is 4.90 Å². The fourth-order valence-corrected chi connectivity index (χ4v) is 4.87. The van der Waals surface area contributed by atoms with E-state index in [-0.39, 0.29) is 12.4 Å². The fraction of sp³-hybridized carbons (Fsp3) is 0.458. The summed E-state index contributed by atoms with van der Waals surface area (Å²) in [4.78, 5) is 11.0. The van der Waals surface area contributed by atoms with Crippen LogP contribution in [0.15, 0.2) is 30.6 Å². The number of morpholine rings is 1. The molecule has 1 saturated heterocycles. The maximum atomic E-state index is 14.7. The molecular formula is C24H29F2N5O2Si. The van der Waals surface area contributed by atoms with Crippen LogP contribution in [0.1, 0.15) is 17.7 Å². The van der Waals surface area contributed by atoms with Crippen LogP contribution < -0.4 is 4.90 Å². The summed E-state index contributed by atoms with van der Waals surface area (Å²) in [5, 5.41) is 9.95. The molecule has 0 saturated carbocycles. The number of nitriles is 1. The summed E-state index contributed by atoms with van der Waals surface area (Å²) in [6, 6.07) is 9.77. The molecule has 0 atom stereocenters. The van der Waals surface area contributed by atoms with Gasteiger partial charge in [0.1, 0.15) is 24.5 Å². The Morgan fingerprint density at radius 2 is 1.97 bits per heavy atom. The van der Waals surface area contributed by atoms with E-state index in [4.69, 9.17) is 9.47 Å². The number of anilines is 1. The maximum absolute atomic E-state index is 14.7. The predicted octanol–water partition coefficient (Wildman–Crippen LogP) is 5.06. The van der Waals surface area contributed by atoms with Gasteiger partial charge in [-0.2, -0.15) is 5.26 Å². The van der Waals surface area contributed by atoms with E-state index in [1.165, 1.54) is 10.9 Å². The minimum absolute atomic E-state index is 0.0296. The molecule has 4 rings (SSSR count). The van der Waals surface area contributed by atoms with Gasteiger partial charge in [0, 0.05) is 33.3 Å². The van der Waals surface area contributed by atoms with Gasteiger partial charge in [-0.15, -0.1) is 0 Å². The molecule has 7 nitrogen and oxygen atoms in total. The van der Waals surface area contributed by atoms with Crippen LogP contribution in [0.25, 0.3) is 22.2 Å². The van der Waals surface area contributed by atoms with Gasteiger partial charge in [-0.3, -0.25) is 4.57 Å². The molecule has 0 unspecified atom stereocenters. The summed E-state index contributed by atoms with van der Waals surface area (Å²) < 4.78 is 42.1. The summed E-state index contributed by atoms with van der Waals surface area (Å²) in [5.74, 6) is 0.591. The Labute approximate surface area is 198 Å². The first-order chi connectivity index (χ1) is 16.3. The molecule has 1 fully saturated rings. The van der Waals surface area contributed by atoms with Crippen molar-refractivity contribution in [2.24, 2.45) is 0 Å². The molecule has 2 aromatic heterocycles. The molecule has 3 aromatic rings. The zero-order valence-electron chi connectivity index (χ0n) is 19.7. The van der Waals surface area contributed by atoms with Crippen LogP contribution in [-0.4, -0.2) is 55.5 Å². The standard InChI is InChI=1S/C24H29F2N5O2Si/c1-34(2,3)12-11-33-16-31-21(22(25)26)19(18-6-4-5-17(13-18)14-27)20-23(28-15-29-24(20)31)30-7-9-32-10-8-30/h4-6,13,15,22H,7-12,16H2,1-3H3. The summed E-state index contributed by atoms with van der Waals surface area (Å²) in [5.41, 5.74) is 1.50. The summed E-state index contributed by atoms with van der Waals surface area (Å²) in [6.07, 6.45) is -1.36. The number of benzene rings is 1. The van der Waals surface area contributed by atoms with E-state index in [2.05, 4.69) is 35.7 Å². The third-order valence-electron chi connectivity index (χ3n) is 5.87. The maximum Gasteiger partial charge on any atom is 0.279 e. The third kappa shape index (κ3) is 5.11. The van der Waals surface area contributed by atoms with E-state index in [9.17, 15) is 14.0 Å². The van der Waals surface area contributed by atoms with Gasteiger partial charge in [0.2, 0.25) is 0 Å². The van der Waals surface area contributed by atoms with Crippen LogP contribution in [-0.2, 0) is 16.2 Å². The average molecular weight is 486 g/mol. The van der Waals surface area contributed by atoms with Gasteiger partial charge in [-0.05, 0) is 23.7 Å². The van der Waals surface area contributed by atoms with Crippen LogP contribution in [0.5, 0.6) is 0 Å². The number of rotatable bonds is 8. The lowest BCUT2D eigenvalue weighted by Crippen LogP contribution is -2.36. The number of alkyl halides is 2. The van der Waals surface area contributed by atoms with Gasteiger partial charge in [0.15, 0.2) is 0 Å². The lowest BCUT2D eigenvalue weighted by atomic mass is 10.0. The number of halogens is 2. The van der Waals surface area contributed by atoms with Crippen molar-refractivity contribution < 1.29 is 18.3 Å². The summed E-state index contributed by atoms with van der Waals surface area (Å²) >= 11 is 0. The molecule has 0 aliphatic carbocycles. The van der Waals surface area contributed by atoms with Crippen molar-refractivity contribution in [3.05, 3.63) is 41.9 Å². The molecule has 1 aliphatic heterocycles. The Balaban J connectivity index is 1.90. The smallest absolute Gasteiger partial charge is 0.279 e. The van der Waals surface area contributed by atoms with Gasteiger partial charge in [0.05, 0.1) is 35.9 Å². The average Bonchev–Trinajstić information content (AvgIpc) is 3.16. The monoisotopic (exact) mass is 485 g/mol. The van der Waals surface area contributed by atoms with Crippen molar-refractivity contribution in [2.45, 2.75) is 38.8 Å². The Morgan fingerprint density at radius 1 is 1.21 bits per heavy atom. The van der Waals surface area contributed by atoms with Gasteiger partial charge >= 0.3 is 0 Å². The Morgan fingerprint density at radius 3 is 2.65 bits per heavy atom. The van der Waals surface area contributed by atoms with Crippen LogP contribution in [0, 0.1) is 11.3 Å². The Hall–Kier alpha value is -2.87. The van der Waals surface area contributed by atoms with E-state index in [1.54, 1.807) is 24.3 Å². The van der Waals surface area contributed by atoms with Crippen LogP contribution in [0.2, 0.25) is 25.7 Å². The molecule has 0 spiro atoms. The molecular weight excluding hydrogens is 456 g/mol. The molecule has 0 N–H and O–H groups in total. The molecule has 10 heteroatoms. The van der Waals surface area contributed by atoms with Gasteiger partial charge in [-0.25, -0.2) is 18.7 Å². The molecule has 0 radical (unpaired) electrons. The highest BCUT2D eigenvalue weighted by atomic mass is 28.3. The van der Waals surface area contributed by atoms with Crippen LogP contribution in [0.4, 0.5) is 14.6 Å². The van der Waals surface area contributed by atoms with Crippen molar-refractivity contribution in [3.8, 4) is 17.2 Å². The SMILES string of the molecule is C[Si](C)(C)CCOCn1c(C(F)F)c(-c2cccc(C#N)c2)c2c(N3CCOCC3)ncnc21. The summed E-state index contributed by atoms with van der Waals surface area (Å²) in [7, 11) is -1.33. The van der Waals surface area contributed by atoms with Crippen molar-refractivity contribution >= 4 is 24.9 Å². The van der Waals surface area contributed by atoms with Crippen molar-refractivity contribution in [2.75, 3.05) is 37.8 Å². The zero-order chi connectivity index (χ0) is 24.3. The second-order valence-electron chi connectivity index (χ2n) is 9.52. The molecule has 1 aliphatic rings. The Bertz CT molecular complexity index is 1200. The summed E-state index contributed by atoms with van der Waals surface area (Å²) in [6.45, 7) is 9.48. The van der Waals surface area contributed by atoms with Gasteiger partial charge in [0.25, 0.3) is 6.43 Å². The first kappa shape index (κ1) is 24.3. The van der Waals surface area contributed by atoms with Crippen molar-refractivity contribution in [1.82, 2.24) is 14.5 Å². The number of nitrogens with zero attached hydrogens (tertiary/aromatic N) is 5. The highest BCUT2D eigenvalue weighted by Crippen LogP contribution is 2.43. The van der Waals surface area contributed by atoms with Crippen molar-refractivity contribution in [1.29, 1.82) is 5.26 Å². The second-order valence-corrected chi connectivity index (χ2v) is 15.1. The fourth-order valence-electron chi connectivity index (χ4n) is 4.12. The van der Waals surface area contributed by atoms with Crippen LogP contribution in [0.3, 0.4) is 0 Å². The predicted molar refractivity (Wildman–Crippen MR) is 130 cm³/mol. The largest absolute Gasteiger partial charge is 0.378 e. The Kier molecular flexibility index (Phi) is 7.26. The van der Waals surface area contributed by atoms with Gasteiger partial charge < -0.3 is 14.4 Å². The lowest BCUT2D eigenvalue weighted by Gasteiger charge is -2.28. The lowest BCUT2D eigenvalue weighted by molar-refractivity contribution is 0.0740. The minimum Gasteiger partial charge on any atom is -0.378 e. The third-order valence-corrected chi connectivity index (χ3v) is 7.58. The molecule has 0 amide bonds. The van der Waals surface area contributed by atoms with Crippen molar-refractivity contribution in [3.63, 3.8) is 0 Å². The quantitative estimate of drug-likeness (QED) is 0.328. The number of fused-ring (bicyclic) bond motifs is 1. The normalized spacial score (nSPS) is 14.7. The molecule has 1 aromatic carbocycles. The van der Waals surface area contributed by atoms with E-state index in [0.717, 1.165) is 6.04 Å². The first-order valence-corrected chi connectivity index (χ1v) is 15.1. The van der Waals surface area contributed by atoms with E-state index in [0.29, 0.717) is 66.5 Å². The highest BCUT2D eigenvalue weighted by molar-refractivity contribution is 6.76. The highest BCUT2D eigenvalue weighted by Gasteiger charge is 2.30. The number of ether oxygens (including phenoxy) is 2. The van der Waals surface area contributed by atoms with Gasteiger partial charge in [-0.1, -0.05) is 31.8 Å². The van der Waals surface area contributed by atoms with Crippen LogP contribution >= 0.6 is 0 Å². The second kappa shape index (κ2) is 10.2. The zero-order valence-corrected chi connectivity index (χ0v) is 20.7. The van der Waals surface area contributed by atoms with E-state index < -0.39 is 14.5 Å². The molecule has 3 heterocycles. The van der Waals surface area contributed by atoms with E-state index >= 15 is 0 Å². The number of aromatic nitrogens is 3. The molecule has 180 valence electrons. The number of hydrogen-bond donors (Lipinski definition) is 0. The molecule has 34 heavy (non-hydrogen) atoms.